The van der Waals surface area contributed by atoms with E-state index >= 15 is 0 Å². The van der Waals surface area contributed by atoms with Crippen molar-refractivity contribution in [3.8, 4) is 16.3 Å². The van der Waals surface area contributed by atoms with Crippen LogP contribution >= 0.6 is 11.3 Å². The van der Waals surface area contributed by atoms with Gasteiger partial charge in [0.25, 0.3) is 5.91 Å². The number of nitrogens with zero attached hydrogens (tertiary/aromatic N) is 3. The minimum atomic E-state index is -0.218. The van der Waals surface area contributed by atoms with Gasteiger partial charge in [0.05, 0.1) is 32.2 Å². The Bertz CT molecular complexity index is 955. The third kappa shape index (κ3) is 3.97. The van der Waals surface area contributed by atoms with Crippen molar-refractivity contribution in [3.05, 3.63) is 53.8 Å². The number of anilines is 2. The molecule has 0 aliphatic carbocycles. The number of amides is 1. The number of thiazole rings is 1. The molecule has 0 atom stereocenters. The van der Waals surface area contributed by atoms with Crippen molar-refractivity contribution in [1.29, 1.82) is 0 Å². The van der Waals surface area contributed by atoms with Crippen molar-refractivity contribution in [3.63, 3.8) is 0 Å². The zero-order chi connectivity index (χ0) is 19.3. The first-order chi connectivity index (χ1) is 13.7. The van der Waals surface area contributed by atoms with Crippen LogP contribution in [0.15, 0.2) is 48.9 Å². The monoisotopic (exact) mass is 396 g/mol. The van der Waals surface area contributed by atoms with Gasteiger partial charge < -0.3 is 19.7 Å². The number of hydrogen-bond acceptors (Lipinski definition) is 7. The lowest BCUT2D eigenvalue weighted by Gasteiger charge is -2.29. The molecule has 7 nitrogen and oxygen atoms in total. The molecule has 0 bridgehead atoms. The van der Waals surface area contributed by atoms with Gasteiger partial charge >= 0.3 is 0 Å². The summed E-state index contributed by atoms with van der Waals surface area (Å²) >= 11 is 1.33. The van der Waals surface area contributed by atoms with Gasteiger partial charge in [0.2, 0.25) is 0 Å². The molecule has 1 amide bonds. The van der Waals surface area contributed by atoms with E-state index in [4.69, 9.17) is 9.47 Å². The van der Waals surface area contributed by atoms with Crippen LogP contribution in [0.3, 0.4) is 0 Å². The van der Waals surface area contributed by atoms with E-state index in [2.05, 4.69) is 20.2 Å². The molecule has 1 saturated heterocycles. The number of hydrogen-bond donors (Lipinski definition) is 1. The number of morpholine rings is 1. The molecule has 1 N–H and O–H groups in total. The lowest BCUT2D eigenvalue weighted by atomic mass is 10.2. The number of pyridine rings is 1. The third-order valence-corrected chi connectivity index (χ3v) is 5.49. The van der Waals surface area contributed by atoms with E-state index < -0.39 is 0 Å². The molecule has 2 aromatic heterocycles. The molecule has 4 rings (SSSR count). The van der Waals surface area contributed by atoms with Crippen molar-refractivity contribution < 1.29 is 14.3 Å². The van der Waals surface area contributed by atoms with E-state index in [-0.39, 0.29) is 5.91 Å². The van der Waals surface area contributed by atoms with Crippen molar-refractivity contribution in [2.75, 3.05) is 43.6 Å². The first-order valence-corrected chi connectivity index (χ1v) is 9.74. The predicted molar refractivity (Wildman–Crippen MR) is 109 cm³/mol. The second-order valence-corrected chi connectivity index (χ2v) is 7.24. The molecule has 8 heteroatoms. The Morgan fingerprint density at radius 2 is 2.11 bits per heavy atom. The van der Waals surface area contributed by atoms with Crippen LogP contribution in [0.4, 0.5) is 11.4 Å². The maximum atomic E-state index is 12.7. The fraction of sp³-hybridized carbons (Fsp3) is 0.250. The lowest BCUT2D eigenvalue weighted by molar-refractivity contribution is 0.103. The SMILES string of the molecule is COc1cc(N2CCOCC2)ccc1NC(=O)c1cnc(-c2cccnc2)s1. The van der Waals surface area contributed by atoms with Crippen molar-refractivity contribution in [2.45, 2.75) is 0 Å². The Kier molecular flexibility index (Phi) is 5.50. The molecule has 1 aliphatic rings. The molecule has 3 heterocycles. The molecule has 0 radical (unpaired) electrons. The highest BCUT2D eigenvalue weighted by Gasteiger charge is 2.17. The van der Waals surface area contributed by atoms with Crippen LogP contribution in [0.5, 0.6) is 5.75 Å². The van der Waals surface area contributed by atoms with Gasteiger partial charge in [-0.1, -0.05) is 0 Å². The second kappa shape index (κ2) is 8.37. The Hall–Kier alpha value is -2.97. The summed E-state index contributed by atoms with van der Waals surface area (Å²) in [4.78, 5) is 23.9. The maximum Gasteiger partial charge on any atom is 0.267 e. The highest BCUT2D eigenvalue weighted by atomic mass is 32.1. The van der Waals surface area contributed by atoms with E-state index in [1.165, 1.54) is 11.3 Å². The summed E-state index contributed by atoms with van der Waals surface area (Å²) in [7, 11) is 1.60. The predicted octanol–water partition coefficient (Wildman–Crippen LogP) is 3.30. The Balaban J connectivity index is 1.50. The van der Waals surface area contributed by atoms with Crippen molar-refractivity contribution >= 4 is 28.6 Å². The Labute approximate surface area is 167 Å². The fourth-order valence-corrected chi connectivity index (χ4v) is 3.79. The molecule has 144 valence electrons. The first kappa shape index (κ1) is 18.4. The van der Waals surface area contributed by atoms with Crippen LogP contribution < -0.4 is 15.0 Å². The van der Waals surface area contributed by atoms with Crippen LogP contribution in [-0.4, -0.2) is 49.3 Å². The lowest BCUT2D eigenvalue weighted by Crippen LogP contribution is -2.36. The normalized spacial score (nSPS) is 14.0. The van der Waals surface area contributed by atoms with Gasteiger partial charge in [-0.25, -0.2) is 4.98 Å². The second-order valence-electron chi connectivity index (χ2n) is 6.21. The average molecular weight is 396 g/mol. The third-order valence-electron chi connectivity index (χ3n) is 4.45. The molecule has 0 spiro atoms. The highest BCUT2D eigenvalue weighted by Crippen LogP contribution is 2.31. The summed E-state index contributed by atoms with van der Waals surface area (Å²) in [6, 6.07) is 9.55. The summed E-state index contributed by atoms with van der Waals surface area (Å²) in [6.07, 6.45) is 5.02. The summed E-state index contributed by atoms with van der Waals surface area (Å²) in [6.45, 7) is 3.11. The Morgan fingerprint density at radius 3 is 2.86 bits per heavy atom. The number of ether oxygens (including phenoxy) is 2. The number of aromatic nitrogens is 2. The zero-order valence-electron chi connectivity index (χ0n) is 15.4. The molecule has 1 fully saturated rings. The molecule has 3 aromatic rings. The number of nitrogens with one attached hydrogen (secondary N) is 1. The van der Waals surface area contributed by atoms with E-state index in [1.54, 1.807) is 25.7 Å². The Morgan fingerprint density at radius 1 is 1.25 bits per heavy atom. The smallest absolute Gasteiger partial charge is 0.267 e. The summed E-state index contributed by atoms with van der Waals surface area (Å²) in [5, 5.41) is 3.68. The summed E-state index contributed by atoms with van der Waals surface area (Å²) in [5.41, 5.74) is 2.56. The first-order valence-electron chi connectivity index (χ1n) is 8.93. The summed E-state index contributed by atoms with van der Waals surface area (Å²) in [5.74, 6) is 0.402. The van der Waals surface area contributed by atoms with Crippen LogP contribution in [0.25, 0.3) is 10.6 Å². The standard InChI is InChI=1S/C20H20N4O3S/c1-26-17-11-15(24-7-9-27-10-8-24)4-5-16(17)23-19(25)18-13-22-20(28-18)14-3-2-6-21-12-14/h2-6,11-13H,7-10H2,1H3,(H,23,25). The fourth-order valence-electron chi connectivity index (χ4n) is 2.99. The van der Waals surface area contributed by atoms with Crippen molar-refractivity contribution in [2.24, 2.45) is 0 Å². The maximum absolute atomic E-state index is 12.7. The largest absolute Gasteiger partial charge is 0.494 e. The molecule has 28 heavy (non-hydrogen) atoms. The van der Waals surface area contributed by atoms with Gasteiger partial charge in [-0.3, -0.25) is 9.78 Å². The van der Waals surface area contributed by atoms with E-state index in [0.717, 1.165) is 29.3 Å². The van der Waals surface area contributed by atoms with E-state index in [1.807, 2.05) is 30.3 Å². The van der Waals surface area contributed by atoms with E-state index in [0.29, 0.717) is 29.5 Å². The van der Waals surface area contributed by atoms with Gasteiger partial charge in [0, 0.05) is 42.8 Å². The zero-order valence-corrected chi connectivity index (χ0v) is 16.2. The summed E-state index contributed by atoms with van der Waals surface area (Å²) < 4.78 is 10.9. The van der Waals surface area contributed by atoms with Crippen molar-refractivity contribution in [1.82, 2.24) is 9.97 Å². The molecule has 1 aliphatic heterocycles. The number of methoxy groups -OCH3 is 1. The van der Waals surface area contributed by atoms with Crippen LogP contribution in [-0.2, 0) is 4.74 Å². The quantitative estimate of drug-likeness (QED) is 0.713. The highest BCUT2D eigenvalue weighted by molar-refractivity contribution is 7.17. The molecular formula is C20H20N4O3S. The van der Waals surface area contributed by atoms with Crippen LogP contribution in [0.2, 0.25) is 0 Å². The minimum Gasteiger partial charge on any atom is -0.494 e. The van der Waals surface area contributed by atoms with Crippen LogP contribution in [0, 0.1) is 0 Å². The molecular weight excluding hydrogens is 376 g/mol. The number of carbonyl (C=O) groups excluding carboxylic acids is 1. The molecule has 0 unspecified atom stereocenters. The number of rotatable bonds is 5. The van der Waals surface area contributed by atoms with E-state index in [9.17, 15) is 4.79 Å². The van der Waals surface area contributed by atoms with Gasteiger partial charge in [0.15, 0.2) is 0 Å². The average Bonchev–Trinajstić information content (AvgIpc) is 3.26. The minimum absolute atomic E-state index is 0.218. The topological polar surface area (TPSA) is 76.6 Å². The van der Waals surface area contributed by atoms with Crippen LogP contribution in [0.1, 0.15) is 9.67 Å². The van der Waals surface area contributed by atoms with Gasteiger partial charge in [0.1, 0.15) is 15.6 Å². The molecule has 0 saturated carbocycles. The van der Waals surface area contributed by atoms with Gasteiger partial charge in [-0.05, 0) is 24.3 Å². The van der Waals surface area contributed by atoms with Gasteiger partial charge in [-0.2, -0.15) is 0 Å². The van der Waals surface area contributed by atoms with Gasteiger partial charge in [-0.15, -0.1) is 11.3 Å². The number of carbonyl (C=O) groups is 1. The number of benzene rings is 1. The molecule has 1 aromatic carbocycles.